The van der Waals surface area contributed by atoms with Crippen LogP contribution in [0.5, 0.6) is 0 Å². The maximum absolute atomic E-state index is 10.7. The molecule has 12 heavy (non-hydrogen) atoms. The fraction of sp³-hybridized carbons (Fsp3) is 0.625. The molecule has 2 aliphatic carbocycles. The summed E-state index contributed by atoms with van der Waals surface area (Å²) >= 11 is 10.9. The number of hydrogen-bond acceptors (Lipinski definition) is 1. The van der Waals surface area contributed by atoms with Gasteiger partial charge >= 0.3 is 5.97 Å². The summed E-state index contributed by atoms with van der Waals surface area (Å²) in [5.41, 5.74) is 0.0425. The van der Waals surface area contributed by atoms with Gasteiger partial charge in [-0.2, -0.15) is 0 Å². The highest BCUT2D eigenvalue weighted by Gasteiger charge is 2.74. The van der Waals surface area contributed by atoms with Gasteiger partial charge in [-0.15, -0.1) is 0 Å². The van der Waals surface area contributed by atoms with E-state index in [0.717, 1.165) is 12.8 Å². The number of aliphatic carboxylic acids is 1. The second kappa shape index (κ2) is 2.39. The van der Waals surface area contributed by atoms with E-state index in [2.05, 4.69) is 0 Å². The molecule has 0 aliphatic heterocycles. The van der Waals surface area contributed by atoms with Crippen LogP contribution in [0.3, 0.4) is 0 Å². The van der Waals surface area contributed by atoms with Gasteiger partial charge < -0.3 is 5.11 Å². The molecule has 2 nitrogen and oxygen atoms in total. The Kier molecular flexibility index (Phi) is 1.67. The molecule has 0 aromatic heterocycles. The van der Waals surface area contributed by atoms with E-state index in [0.29, 0.717) is 0 Å². The first-order valence-corrected chi connectivity index (χ1v) is 4.59. The van der Waals surface area contributed by atoms with Crippen molar-refractivity contribution in [1.29, 1.82) is 0 Å². The van der Waals surface area contributed by atoms with Gasteiger partial charge in [-0.05, 0) is 30.3 Å². The van der Waals surface area contributed by atoms with Crippen molar-refractivity contribution in [2.24, 2.45) is 17.3 Å². The van der Waals surface area contributed by atoms with Gasteiger partial charge in [-0.25, -0.2) is 0 Å². The van der Waals surface area contributed by atoms with Crippen LogP contribution in [0, 0.1) is 17.3 Å². The van der Waals surface area contributed by atoms with Crippen LogP contribution in [0.25, 0.3) is 0 Å². The average molecular weight is 207 g/mol. The van der Waals surface area contributed by atoms with Gasteiger partial charge in [0.25, 0.3) is 0 Å². The first-order chi connectivity index (χ1) is 5.58. The van der Waals surface area contributed by atoms with Crippen LogP contribution in [-0.4, -0.2) is 11.1 Å². The molecule has 0 amide bonds. The fourth-order valence-electron chi connectivity index (χ4n) is 2.11. The average Bonchev–Trinajstić information content (AvgIpc) is 2.75. The molecule has 2 unspecified atom stereocenters. The van der Waals surface area contributed by atoms with Crippen LogP contribution in [0.1, 0.15) is 12.8 Å². The monoisotopic (exact) mass is 206 g/mol. The van der Waals surface area contributed by atoms with Crippen LogP contribution in [0.2, 0.25) is 0 Å². The lowest BCUT2D eigenvalue weighted by Crippen LogP contribution is -2.00. The molecule has 0 heterocycles. The maximum Gasteiger partial charge on any atom is 0.307 e. The number of rotatable bonds is 2. The Bertz CT molecular complexity index is 264. The van der Waals surface area contributed by atoms with Crippen molar-refractivity contribution in [3.63, 3.8) is 0 Å². The van der Waals surface area contributed by atoms with Gasteiger partial charge in [0.15, 0.2) is 0 Å². The van der Waals surface area contributed by atoms with E-state index < -0.39 is 5.97 Å². The molecule has 2 fully saturated rings. The van der Waals surface area contributed by atoms with E-state index in [1.807, 2.05) is 0 Å². The Hall–Kier alpha value is -0.210. The maximum atomic E-state index is 10.7. The Morgan fingerprint density at radius 2 is 2.08 bits per heavy atom. The normalized spacial score (nSPS) is 34.5. The van der Waals surface area contributed by atoms with Crippen molar-refractivity contribution in [3.8, 4) is 0 Å². The molecule has 0 saturated heterocycles. The molecule has 0 aromatic rings. The lowest BCUT2D eigenvalue weighted by molar-refractivity contribution is -0.139. The minimum Gasteiger partial charge on any atom is -0.481 e. The number of allylic oxidation sites excluding steroid dienone is 1. The number of halogens is 2. The molecule has 1 spiro atoms. The summed E-state index contributed by atoms with van der Waals surface area (Å²) in [4.78, 5) is 10.7. The van der Waals surface area contributed by atoms with Crippen LogP contribution in [-0.2, 0) is 4.79 Å². The highest BCUT2D eigenvalue weighted by Crippen LogP contribution is 2.75. The second-order valence-electron chi connectivity index (χ2n) is 3.53. The van der Waals surface area contributed by atoms with Crippen molar-refractivity contribution < 1.29 is 9.90 Å². The molecular weight excluding hydrogens is 199 g/mol. The second-order valence-corrected chi connectivity index (χ2v) is 4.54. The van der Waals surface area contributed by atoms with E-state index in [-0.39, 0.29) is 21.7 Å². The molecule has 66 valence electrons. The Morgan fingerprint density at radius 3 is 2.33 bits per heavy atom. The summed E-state index contributed by atoms with van der Waals surface area (Å²) in [6, 6.07) is 0. The standard InChI is InChI=1S/C8H8Cl2O2/c9-5(10)3-4-6(7(11)12)8(4)1-2-8/h3-4,6H,1-2H2,(H,11,12). The van der Waals surface area contributed by atoms with Crippen molar-refractivity contribution >= 4 is 29.2 Å². The Labute approximate surface area is 80.2 Å². The van der Waals surface area contributed by atoms with Crippen LogP contribution in [0.15, 0.2) is 10.6 Å². The molecule has 4 heteroatoms. The van der Waals surface area contributed by atoms with Crippen molar-refractivity contribution in [2.45, 2.75) is 12.8 Å². The van der Waals surface area contributed by atoms with Gasteiger partial charge in [0.1, 0.15) is 4.49 Å². The topological polar surface area (TPSA) is 37.3 Å². The summed E-state index contributed by atoms with van der Waals surface area (Å²) in [6.07, 6.45) is 3.67. The van der Waals surface area contributed by atoms with E-state index in [1.54, 1.807) is 6.08 Å². The lowest BCUT2D eigenvalue weighted by atomic mass is 10.3. The first-order valence-electron chi connectivity index (χ1n) is 3.83. The van der Waals surface area contributed by atoms with Gasteiger partial charge in [-0.3, -0.25) is 4.79 Å². The summed E-state index contributed by atoms with van der Waals surface area (Å²) in [6.45, 7) is 0. The smallest absolute Gasteiger partial charge is 0.307 e. The summed E-state index contributed by atoms with van der Waals surface area (Å²) in [7, 11) is 0. The zero-order valence-electron chi connectivity index (χ0n) is 6.26. The van der Waals surface area contributed by atoms with Crippen LogP contribution in [0.4, 0.5) is 0 Å². The van der Waals surface area contributed by atoms with Gasteiger partial charge in [0, 0.05) is 0 Å². The van der Waals surface area contributed by atoms with Crippen LogP contribution >= 0.6 is 23.2 Å². The Balaban J connectivity index is 2.11. The molecule has 2 aliphatic rings. The third-order valence-electron chi connectivity index (χ3n) is 2.93. The predicted octanol–water partition coefficient (Wildman–Crippen LogP) is 2.42. The van der Waals surface area contributed by atoms with Gasteiger partial charge in [-0.1, -0.05) is 23.2 Å². The Morgan fingerprint density at radius 1 is 1.50 bits per heavy atom. The molecule has 1 N–H and O–H groups in total. The number of carbonyl (C=O) groups is 1. The van der Waals surface area contributed by atoms with Gasteiger partial charge in [0.05, 0.1) is 5.92 Å². The summed E-state index contributed by atoms with van der Waals surface area (Å²) in [5, 5.41) is 8.80. The quantitative estimate of drug-likeness (QED) is 0.754. The minimum absolute atomic E-state index is 0.0425. The molecular formula is C8H8Cl2O2. The van der Waals surface area contributed by atoms with Crippen LogP contribution < -0.4 is 0 Å². The molecule has 0 bridgehead atoms. The summed E-state index contributed by atoms with van der Waals surface area (Å²) < 4.78 is 0.190. The van der Waals surface area contributed by atoms with E-state index in [4.69, 9.17) is 28.3 Å². The van der Waals surface area contributed by atoms with E-state index in [9.17, 15) is 4.79 Å². The SMILES string of the molecule is O=C(O)C1C(C=C(Cl)Cl)C12CC2. The third kappa shape index (κ3) is 1.05. The largest absolute Gasteiger partial charge is 0.481 e. The van der Waals surface area contributed by atoms with E-state index in [1.165, 1.54) is 0 Å². The number of carboxylic acid groups (broad SMARTS) is 1. The van der Waals surface area contributed by atoms with Gasteiger partial charge in [0.2, 0.25) is 0 Å². The molecule has 0 aromatic carbocycles. The third-order valence-corrected chi connectivity index (χ3v) is 3.18. The zero-order valence-corrected chi connectivity index (χ0v) is 7.77. The molecule has 2 rings (SSSR count). The highest BCUT2D eigenvalue weighted by molar-refractivity contribution is 6.55. The minimum atomic E-state index is -0.719. The lowest BCUT2D eigenvalue weighted by Gasteiger charge is -1.84. The molecule has 2 saturated carbocycles. The zero-order chi connectivity index (χ0) is 8.93. The first kappa shape index (κ1) is 8.39. The van der Waals surface area contributed by atoms with Crippen molar-refractivity contribution in [2.75, 3.05) is 0 Å². The molecule has 0 radical (unpaired) electrons. The predicted molar refractivity (Wildman–Crippen MR) is 46.1 cm³/mol. The molecule has 2 atom stereocenters. The van der Waals surface area contributed by atoms with Crippen molar-refractivity contribution in [3.05, 3.63) is 10.6 Å². The number of carboxylic acids is 1. The van der Waals surface area contributed by atoms with E-state index >= 15 is 0 Å². The highest BCUT2D eigenvalue weighted by atomic mass is 35.5. The van der Waals surface area contributed by atoms with Crippen molar-refractivity contribution in [1.82, 2.24) is 0 Å². The number of hydrogen-bond donors (Lipinski definition) is 1. The fourth-order valence-corrected chi connectivity index (χ4v) is 2.38. The summed E-state index contributed by atoms with van der Waals surface area (Å²) in [5.74, 6) is -0.867.